The summed E-state index contributed by atoms with van der Waals surface area (Å²) in [5, 5.41) is 38.3. The summed E-state index contributed by atoms with van der Waals surface area (Å²) >= 11 is 11.2. The highest BCUT2D eigenvalue weighted by atomic mass is 35.5. The summed E-state index contributed by atoms with van der Waals surface area (Å²) in [5.74, 6) is -1.39. The Labute approximate surface area is 143 Å². The van der Waals surface area contributed by atoms with Crippen LogP contribution in [0.25, 0.3) is 0 Å². The zero-order valence-electron chi connectivity index (χ0n) is 12.6. The lowest BCUT2D eigenvalue weighted by Crippen LogP contribution is -2.59. The molecule has 1 saturated carbocycles. The molecule has 0 bridgehead atoms. The minimum Gasteiger partial charge on any atom is -0.432 e. The van der Waals surface area contributed by atoms with Crippen LogP contribution in [0.15, 0.2) is 10.6 Å². The summed E-state index contributed by atoms with van der Waals surface area (Å²) in [6, 6.07) is 0. The third kappa shape index (κ3) is 3.66. The van der Waals surface area contributed by atoms with Crippen molar-refractivity contribution in [2.24, 2.45) is 17.3 Å². The SMILES string of the molecule is CC1(C)C(C=C(Cl)Cl)[C@@H]1C(=O)O[C@@H]1O[C@H](CO)[C@@H](O)[C@H](O)[C@H]1O. The van der Waals surface area contributed by atoms with Gasteiger partial charge in [0.25, 0.3) is 0 Å². The molecule has 132 valence electrons. The maximum Gasteiger partial charge on any atom is 0.312 e. The predicted octanol–water partition coefficient (Wildman–Crippen LogP) is -0.0793. The monoisotopic (exact) mass is 370 g/mol. The fraction of sp³-hybridized carbons (Fsp3) is 0.786. The van der Waals surface area contributed by atoms with Crippen LogP contribution in [0.2, 0.25) is 0 Å². The van der Waals surface area contributed by atoms with Gasteiger partial charge in [-0.1, -0.05) is 37.0 Å². The molecule has 1 aliphatic heterocycles. The summed E-state index contributed by atoms with van der Waals surface area (Å²) in [4.78, 5) is 12.3. The Bertz CT molecular complexity index is 490. The van der Waals surface area contributed by atoms with Gasteiger partial charge in [-0.15, -0.1) is 0 Å². The Hall–Kier alpha value is -0.410. The Morgan fingerprint density at radius 1 is 1.22 bits per heavy atom. The third-order valence-corrected chi connectivity index (χ3v) is 4.80. The first-order valence-corrected chi connectivity index (χ1v) is 7.90. The van der Waals surface area contributed by atoms with Crippen LogP contribution in [0.1, 0.15) is 13.8 Å². The molecule has 0 aromatic carbocycles. The van der Waals surface area contributed by atoms with Gasteiger partial charge in [-0.2, -0.15) is 0 Å². The smallest absolute Gasteiger partial charge is 0.312 e. The highest BCUT2D eigenvalue weighted by Crippen LogP contribution is 2.60. The molecule has 2 rings (SSSR count). The van der Waals surface area contributed by atoms with Gasteiger partial charge >= 0.3 is 5.97 Å². The van der Waals surface area contributed by atoms with Gasteiger partial charge in [0.1, 0.15) is 28.9 Å². The Kier molecular flexibility index (Phi) is 5.62. The number of halogens is 2. The van der Waals surface area contributed by atoms with Crippen LogP contribution in [-0.2, 0) is 14.3 Å². The molecular weight excluding hydrogens is 351 g/mol. The summed E-state index contributed by atoms with van der Waals surface area (Å²) in [6.07, 6.45) is -5.80. The number of aliphatic hydroxyl groups excluding tert-OH is 4. The van der Waals surface area contributed by atoms with Crippen molar-refractivity contribution in [3.8, 4) is 0 Å². The lowest BCUT2D eigenvalue weighted by molar-refractivity contribution is -0.293. The van der Waals surface area contributed by atoms with Gasteiger partial charge in [-0.3, -0.25) is 4.79 Å². The van der Waals surface area contributed by atoms with Crippen LogP contribution in [0, 0.1) is 17.3 Å². The molecule has 0 aromatic heterocycles. The number of esters is 1. The first kappa shape index (κ1) is 18.9. The first-order chi connectivity index (χ1) is 10.6. The maximum absolute atomic E-state index is 12.3. The molecule has 2 fully saturated rings. The average molecular weight is 371 g/mol. The molecule has 0 aromatic rings. The van der Waals surface area contributed by atoms with Crippen LogP contribution >= 0.6 is 23.2 Å². The predicted molar refractivity (Wildman–Crippen MR) is 80.4 cm³/mol. The van der Waals surface area contributed by atoms with Gasteiger partial charge < -0.3 is 29.9 Å². The van der Waals surface area contributed by atoms with E-state index in [1.807, 2.05) is 13.8 Å². The first-order valence-electron chi connectivity index (χ1n) is 7.15. The van der Waals surface area contributed by atoms with E-state index in [4.69, 9.17) is 37.8 Å². The van der Waals surface area contributed by atoms with Crippen molar-refractivity contribution in [2.75, 3.05) is 6.61 Å². The number of ether oxygens (including phenoxy) is 2. The van der Waals surface area contributed by atoms with Crippen molar-refractivity contribution in [1.29, 1.82) is 0 Å². The molecule has 2 aliphatic rings. The lowest BCUT2D eigenvalue weighted by Gasteiger charge is -2.39. The van der Waals surface area contributed by atoms with Crippen molar-refractivity contribution in [2.45, 2.75) is 44.6 Å². The number of carbonyl (C=O) groups is 1. The highest BCUT2D eigenvalue weighted by Gasteiger charge is 2.62. The molecule has 9 heteroatoms. The maximum atomic E-state index is 12.3. The molecule has 0 radical (unpaired) electrons. The van der Waals surface area contributed by atoms with Crippen molar-refractivity contribution < 1.29 is 34.7 Å². The standard InChI is InChI=1S/C14H20Cl2O7/c1-14(2)5(3-7(15)16)8(14)12(21)23-13-11(20)10(19)9(18)6(4-17)22-13/h3,5-6,8-11,13,17-20H,4H2,1-2H3/t5?,6-,8-,9-,10+,11-,13+/m1/s1. The average Bonchev–Trinajstić information content (AvgIpc) is 2.99. The van der Waals surface area contributed by atoms with E-state index in [-0.39, 0.29) is 10.4 Å². The lowest BCUT2D eigenvalue weighted by atomic mass is 9.99. The topological polar surface area (TPSA) is 116 Å². The molecule has 1 saturated heterocycles. The van der Waals surface area contributed by atoms with Crippen LogP contribution in [0.4, 0.5) is 0 Å². The Morgan fingerprint density at radius 3 is 2.35 bits per heavy atom. The molecule has 1 aliphatic carbocycles. The summed E-state index contributed by atoms with van der Waals surface area (Å²) < 4.78 is 10.3. The van der Waals surface area contributed by atoms with E-state index < -0.39 is 54.6 Å². The minimum absolute atomic E-state index is 0.0474. The minimum atomic E-state index is -1.62. The number of aliphatic hydroxyl groups is 4. The number of rotatable bonds is 4. The zero-order valence-corrected chi connectivity index (χ0v) is 14.1. The molecular formula is C14H20Cl2O7. The van der Waals surface area contributed by atoms with Crippen molar-refractivity contribution in [1.82, 2.24) is 0 Å². The van der Waals surface area contributed by atoms with E-state index in [1.165, 1.54) is 0 Å². The highest BCUT2D eigenvalue weighted by molar-refractivity contribution is 6.55. The number of hydrogen-bond acceptors (Lipinski definition) is 7. The molecule has 23 heavy (non-hydrogen) atoms. The van der Waals surface area contributed by atoms with Gasteiger partial charge in [0, 0.05) is 0 Å². The van der Waals surface area contributed by atoms with Gasteiger partial charge in [0.2, 0.25) is 6.29 Å². The zero-order chi connectivity index (χ0) is 17.5. The normalized spacial score (nSPS) is 42.0. The molecule has 0 amide bonds. The van der Waals surface area contributed by atoms with Crippen LogP contribution in [-0.4, -0.2) is 63.7 Å². The van der Waals surface area contributed by atoms with Crippen molar-refractivity contribution in [3.05, 3.63) is 10.6 Å². The second-order valence-electron chi connectivity index (χ2n) is 6.42. The van der Waals surface area contributed by atoms with Crippen molar-refractivity contribution in [3.63, 3.8) is 0 Å². The van der Waals surface area contributed by atoms with Crippen molar-refractivity contribution >= 4 is 29.2 Å². The Balaban J connectivity index is 2.04. The second-order valence-corrected chi connectivity index (χ2v) is 7.42. The van der Waals surface area contributed by atoms with E-state index >= 15 is 0 Å². The van der Waals surface area contributed by atoms with Crippen LogP contribution in [0.3, 0.4) is 0 Å². The van der Waals surface area contributed by atoms with E-state index in [1.54, 1.807) is 6.08 Å². The quantitative estimate of drug-likeness (QED) is 0.511. The summed E-state index contributed by atoms with van der Waals surface area (Å²) in [5.41, 5.74) is -0.416. The molecule has 7 nitrogen and oxygen atoms in total. The van der Waals surface area contributed by atoms with E-state index in [2.05, 4.69) is 0 Å². The van der Waals surface area contributed by atoms with Gasteiger partial charge in [0.15, 0.2) is 0 Å². The molecule has 1 unspecified atom stereocenters. The Morgan fingerprint density at radius 2 is 1.83 bits per heavy atom. The number of hydrogen-bond donors (Lipinski definition) is 4. The number of carbonyl (C=O) groups excluding carboxylic acids is 1. The molecule has 1 heterocycles. The largest absolute Gasteiger partial charge is 0.432 e. The van der Waals surface area contributed by atoms with Crippen LogP contribution in [0.5, 0.6) is 0 Å². The fourth-order valence-electron chi connectivity index (χ4n) is 2.93. The van der Waals surface area contributed by atoms with Gasteiger partial charge in [0.05, 0.1) is 12.5 Å². The van der Waals surface area contributed by atoms with Gasteiger partial charge in [-0.25, -0.2) is 0 Å². The summed E-state index contributed by atoms with van der Waals surface area (Å²) in [6.45, 7) is 3.08. The molecule has 4 N–H and O–H groups in total. The second kappa shape index (κ2) is 6.84. The molecule has 7 atom stereocenters. The van der Waals surface area contributed by atoms with E-state index in [0.717, 1.165) is 0 Å². The van der Waals surface area contributed by atoms with E-state index in [9.17, 15) is 20.1 Å². The molecule has 0 spiro atoms. The van der Waals surface area contributed by atoms with E-state index in [0.29, 0.717) is 0 Å². The third-order valence-electron chi connectivity index (χ3n) is 4.55. The number of allylic oxidation sites excluding steroid dienone is 1. The van der Waals surface area contributed by atoms with Crippen LogP contribution < -0.4 is 0 Å². The summed E-state index contributed by atoms with van der Waals surface area (Å²) in [7, 11) is 0. The van der Waals surface area contributed by atoms with Gasteiger partial charge in [-0.05, 0) is 17.4 Å². The fourth-order valence-corrected chi connectivity index (χ4v) is 3.20.